The molecular formula is C16H12ClN3O7S. The van der Waals surface area contributed by atoms with Gasteiger partial charge in [0.25, 0.3) is 21.6 Å². The van der Waals surface area contributed by atoms with Gasteiger partial charge in [0.05, 0.1) is 11.5 Å². The number of hydrogen-bond donors (Lipinski definition) is 1. The molecule has 1 aromatic carbocycles. The minimum atomic E-state index is -4.15. The number of nitrogens with zero attached hydrogens (tertiary/aromatic N) is 2. The zero-order chi connectivity index (χ0) is 20.3. The van der Waals surface area contributed by atoms with E-state index in [2.05, 4.69) is 4.98 Å². The van der Waals surface area contributed by atoms with Gasteiger partial charge in [0.2, 0.25) is 0 Å². The number of rotatable bonds is 5. The van der Waals surface area contributed by atoms with Crippen molar-refractivity contribution in [2.24, 2.45) is 0 Å². The molecule has 0 spiro atoms. The fourth-order valence-corrected chi connectivity index (χ4v) is 3.37. The molecular weight excluding hydrogens is 414 g/mol. The van der Waals surface area contributed by atoms with Crippen LogP contribution in [-0.2, 0) is 26.2 Å². The molecule has 1 aliphatic heterocycles. The first kappa shape index (κ1) is 19.7. The monoisotopic (exact) mass is 425 g/mol. The van der Waals surface area contributed by atoms with Gasteiger partial charge in [0.15, 0.2) is 6.79 Å². The fraction of sp³-hybridized carbons (Fsp3) is 0.125. The van der Waals surface area contributed by atoms with Crippen LogP contribution in [0.25, 0.3) is 6.08 Å². The second-order valence-corrected chi connectivity index (χ2v) is 7.58. The number of carbonyl (C=O) groups excluding carboxylic acids is 1. The van der Waals surface area contributed by atoms with Crippen LogP contribution in [0.15, 0.2) is 41.4 Å². The van der Waals surface area contributed by atoms with Crippen LogP contribution in [0.1, 0.15) is 11.1 Å². The lowest BCUT2D eigenvalue weighted by Gasteiger charge is -2.19. The Hall–Kier alpha value is -3.02. The van der Waals surface area contributed by atoms with E-state index in [0.717, 1.165) is 12.3 Å². The summed E-state index contributed by atoms with van der Waals surface area (Å²) in [6.45, 7) is 0.0673. The molecule has 1 amide bonds. The number of nitro benzene ring substituents is 1. The maximum absolute atomic E-state index is 12.2. The molecule has 10 nitrogen and oxygen atoms in total. The van der Waals surface area contributed by atoms with Crippen molar-refractivity contribution in [2.75, 3.05) is 6.79 Å². The maximum Gasteiger partial charge on any atom is 0.270 e. The normalized spacial score (nSPS) is 13.6. The number of aromatic nitrogens is 1. The quantitative estimate of drug-likeness (QED) is 0.332. The molecule has 28 heavy (non-hydrogen) atoms. The van der Waals surface area contributed by atoms with Crippen molar-refractivity contribution in [3.05, 3.63) is 62.9 Å². The number of non-ortho nitro benzene ring substituents is 1. The standard InChI is InChI=1S/C16H12ClN3O7S/c17-14-3-2-13(7-18-14)28(24,25)19-15(21)4-1-10-5-12(20(22)23)6-11-8-26-9-27-16(10)11/h1-7H,8-9H2,(H,19,21). The molecule has 0 bridgehead atoms. The molecule has 1 aliphatic rings. The highest BCUT2D eigenvalue weighted by Crippen LogP contribution is 2.33. The van der Waals surface area contributed by atoms with E-state index in [9.17, 15) is 23.3 Å². The van der Waals surface area contributed by atoms with Gasteiger partial charge in [-0.3, -0.25) is 14.9 Å². The number of ether oxygens (including phenoxy) is 2. The lowest BCUT2D eigenvalue weighted by Crippen LogP contribution is -2.29. The van der Waals surface area contributed by atoms with Crippen LogP contribution in [0.5, 0.6) is 5.75 Å². The predicted molar refractivity (Wildman–Crippen MR) is 97.0 cm³/mol. The smallest absolute Gasteiger partial charge is 0.270 e. The summed E-state index contributed by atoms with van der Waals surface area (Å²) < 4.78 is 36.6. The van der Waals surface area contributed by atoms with Gasteiger partial charge in [-0.2, -0.15) is 0 Å². The number of nitrogens with one attached hydrogen (secondary N) is 1. The summed E-state index contributed by atoms with van der Waals surface area (Å²) in [4.78, 5) is 25.9. The Balaban J connectivity index is 1.83. The summed E-state index contributed by atoms with van der Waals surface area (Å²) in [6.07, 6.45) is 3.16. The van der Waals surface area contributed by atoms with Crippen LogP contribution in [0.2, 0.25) is 5.15 Å². The SMILES string of the molecule is O=C(C=Cc1cc([N+](=O)[O-])cc2c1OCOC2)NS(=O)(=O)c1ccc(Cl)nc1. The zero-order valence-corrected chi connectivity index (χ0v) is 15.6. The molecule has 1 N–H and O–H groups in total. The van der Waals surface area contributed by atoms with Crippen LogP contribution >= 0.6 is 11.6 Å². The highest BCUT2D eigenvalue weighted by molar-refractivity contribution is 7.90. The van der Waals surface area contributed by atoms with Crippen LogP contribution in [-0.4, -0.2) is 31.0 Å². The molecule has 0 saturated heterocycles. The first-order valence-electron chi connectivity index (χ1n) is 7.64. The van der Waals surface area contributed by atoms with Gasteiger partial charge >= 0.3 is 0 Å². The topological polar surface area (TPSA) is 138 Å². The molecule has 0 radical (unpaired) electrons. The summed E-state index contributed by atoms with van der Waals surface area (Å²) in [5.74, 6) is -0.632. The third-order valence-corrected chi connectivity index (χ3v) is 5.15. The second kappa shape index (κ2) is 7.92. The van der Waals surface area contributed by atoms with E-state index in [0.29, 0.717) is 11.3 Å². The van der Waals surface area contributed by atoms with Crippen LogP contribution in [0, 0.1) is 10.1 Å². The maximum atomic E-state index is 12.2. The number of benzene rings is 1. The predicted octanol–water partition coefficient (Wildman–Crippen LogP) is 2.03. The van der Waals surface area contributed by atoms with E-state index in [1.54, 1.807) is 0 Å². The van der Waals surface area contributed by atoms with Crippen molar-refractivity contribution in [1.29, 1.82) is 0 Å². The van der Waals surface area contributed by atoms with Crippen molar-refractivity contribution < 1.29 is 27.6 Å². The van der Waals surface area contributed by atoms with Gasteiger partial charge in [-0.05, 0) is 18.2 Å². The highest BCUT2D eigenvalue weighted by atomic mass is 35.5. The molecule has 0 fully saturated rings. The Morgan fingerprint density at radius 2 is 2.14 bits per heavy atom. The molecule has 2 heterocycles. The van der Waals surface area contributed by atoms with E-state index in [4.69, 9.17) is 21.1 Å². The van der Waals surface area contributed by atoms with Gasteiger partial charge in [0.1, 0.15) is 15.8 Å². The number of pyridine rings is 1. The summed E-state index contributed by atoms with van der Waals surface area (Å²) >= 11 is 5.60. The van der Waals surface area contributed by atoms with Crippen molar-refractivity contribution in [2.45, 2.75) is 11.5 Å². The fourth-order valence-electron chi connectivity index (χ4n) is 2.37. The third kappa shape index (κ3) is 4.44. The van der Waals surface area contributed by atoms with Gasteiger partial charge in [-0.15, -0.1) is 0 Å². The number of halogens is 1. The van der Waals surface area contributed by atoms with Crippen molar-refractivity contribution in [1.82, 2.24) is 9.71 Å². The van der Waals surface area contributed by atoms with Crippen LogP contribution in [0.3, 0.4) is 0 Å². The highest BCUT2D eigenvalue weighted by Gasteiger charge is 2.21. The lowest BCUT2D eigenvalue weighted by atomic mass is 10.1. The average Bonchev–Trinajstić information content (AvgIpc) is 2.65. The van der Waals surface area contributed by atoms with Crippen LogP contribution < -0.4 is 9.46 Å². The summed E-state index contributed by atoms with van der Waals surface area (Å²) in [6, 6.07) is 4.99. The largest absolute Gasteiger partial charge is 0.467 e. The van der Waals surface area contributed by atoms with E-state index < -0.39 is 20.9 Å². The first-order chi connectivity index (χ1) is 13.3. The van der Waals surface area contributed by atoms with Crippen molar-refractivity contribution >= 4 is 39.3 Å². The number of hydrogen-bond acceptors (Lipinski definition) is 8. The van der Waals surface area contributed by atoms with E-state index in [1.165, 1.54) is 30.3 Å². The van der Waals surface area contributed by atoms with Crippen LogP contribution in [0.4, 0.5) is 5.69 Å². The third-order valence-electron chi connectivity index (χ3n) is 3.59. The summed E-state index contributed by atoms with van der Waals surface area (Å²) in [7, 11) is -4.15. The van der Waals surface area contributed by atoms with Gasteiger partial charge in [-0.1, -0.05) is 11.6 Å². The minimum Gasteiger partial charge on any atom is -0.467 e. The van der Waals surface area contributed by atoms with Gasteiger partial charge < -0.3 is 9.47 Å². The first-order valence-corrected chi connectivity index (χ1v) is 9.50. The number of amides is 1. The van der Waals surface area contributed by atoms with Crippen molar-refractivity contribution in [3.63, 3.8) is 0 Å². The summed E-state index contributed by atoms with van der Waals surface area (Å²) in [5.41, 5.74) is 0.473. The number of carbonyl (C=O) groups is 1. The molecule has 0 unspecified atom stereocenters. The Morgan fingerprint density at radius 1 is 1.36 bits per heavy atom. The Labute approximate surface area is 163 Å². The minimum absolute atomic E-state index is 0.0458. The molecule has 0 aliphatic carbocycles. The molecule has 0 atom stereocenters. The molecule has 146 valence electrons. The molecule has 0 saturated carbocycles. The van der Waals surface area contributed by atoms with Gasteiger partial charge in [0, 0.05) is 35.5 Å². The number of nitro groups is 1. The summed E-state index contributed by atoms with van der Waals surface area (Å²) in [5, 5.41) is 11.2. The second-order valence-electron chi connectivity index (χ2n) is 5.51. The molecule has 2 aromatic rings. The Bertz CT molecular complexity index is 1070. The van der Waals surface area contributed by atoms with E-state index in [1.807, 2.05) is 4.72 Å². The Morgan fingerprint density at radius 3 is 2.82 bits per heavy atom. The van der Waals surface area contributed by atoms with E-state index in [-0.39, 0.29) is 34.7 Å². The van der Waals surface area contributed by atoms with Gasteiger partial charge in [-0.25, -0.2) is 18.1 Å². The molecule has 1 aromatic heterocycles. The zero-order valence-electron chi connectivity index (χ0n) is 14.0. The van der Waals surface area contributed by atoms with Crippen molar-refractivity contribution in [3.8, 4) is 5.75 Å². The number of fused-ring (bicyclic) bond motifs is 1. The lowest BCUT2D eigenvalue weighted by molar-refractivity contribution is -0.385. The van der Waals surface area contributed by atoms with E-state index >= 15 is 0 Å². The molecule has 12 heteroatoms. The number of sulfonamides is 1. The molecule has 3 rings (SSSR count). The average molecular weight is 426 g/mol. The Kier molecular flexibility index (Phi) is 5.58.